The van der Waals surface area contributed by atoms with Crippen molar-refractivity contribution in [2.45, 2.75) is 26.7 Å². The van der Waals surface area contributed by atoms with E-state index >= 15 is 0 Å². The number of carbonyl (C=O) groups excluding carboxylic acids is 1. The summed E-state index contributed by atoms with van der Waals surface area (Å²) in [6.45, 7) is 5.37. The van der Waals surface area contributed by atoms with E-state index in [1.807, 2.05) is 13.8 Å². The van der Waals surface area contributed by atoms with Gasteiger partial charge in [0.25, 0.3) is 0 Å². The normalized spacial score (nSPS) is 10.8. The van der Waals surface area contributed by atoms with E-state index in [1.54, 1.807) is 10.9 Å². The number of esters is 1. The average Bonchev–Trinajstić information content (AvgIpc) is 2.77. The Morgan fingerprint density at radius 2 is 2.06 bits per heavy atom. The molecule has 0 bridgehead atoms. The van der Waals surface area contributed by atoms with Crippen LogP contribution >= 0.6 is 0 Å². The van der Waals surface area contributed by atoms with Crippen molar-refractivity contribution in [2.24, 2.45) is 0 Å². The molecule has 96 valence electrons. The smallest absolute Gasteiger partial charge is 0.341 e. The van der Waals surface area contributed by atoms with E-state index in [9.17, 15) is 4.79 Å². The van der Waals surface area contributed by atoms with Crippen LogP contribution in [0.3, 0.4) is 0 Å². The van der Waals surface area contributed by atoms with Crippen molar-refractivity contribution < 1.29 is 19.0 Å². The summed E-state index contributed by atoms with van der Waals surface area (Å²) in [6, 6.07) is 0. The molecule has 0 aliphatic rings. The summed E-state index contributed by atoms with van der Waals surface area (Å²) in [7, 11) is 1.34. The zero-order valence-electron chi connectivity index (χ0n) is 10.4. The number of rotatable bonds is 7. The second-order valence-corrected chi connectivity index (χ2v) is 3.28. The van der Waals surface area contributed by atoms with E-state index in [-0.39, 0.29) is 6.29 Å². The summed E-state index contributed by atoms with van der Waals surface area (Å²) < 4.78 is 17.0. The van der Waals surface area contributed by atoms with Crippen molar-refractivity contribution in [3.05, 3.63) is 18.0 Å². The third-order valence-electron chi connectivity index (χ3n) is 2.10. The van der Waals surface area contributed by atoms with Gasteiger partial charge in [0.2, 0.25) is 0 Å². The zero-order valence-corrected chi connectivity index (χ0v) is 10.4. The van der Waals surface area contributed by atoms with Gasteiger partial charge in [0.05, 0.1) is 25.4 Å². The van der Waals surface area contributed by atoms with Gasteiger partial charge in [-0.15, -0.1) is 0 Å². The lowest BCUT2D eigenvalue weighted by molar-refractivity contribution is -0.144. The lowest BCUT2D eigenvalue weighted by Crippen LogP contribution is -2.23. The number of methoxy groups -OCH3 is 1. The first-order chi connectivity index (χ1) is 8.21. The fraction of sp³-hybridized carbons (Fsp3) is 0.636. The molecule has 6 nitrogen and oxygen atoms in total. The lowest BCUT2D eigenvalue weighted by atomic mass is 10.4. The largest absolute Gasteiger partial charge is 0.465 e. The number of nitrogens with zero attached hydrogens (tertiary/aromatic N) is 2. The van der Waals surface area contributed by atoms with E-state index in [0.29, 0.717) is 25.3 Å². The Bertz CT molecular complexity index is 345. The Morgan fingerprint density at radius 3 is 2.59 bits per heavy atom. The number of aromatic nitrogens is 2. The van der Waals surface area contributed by atoms with Crippen molar-refractivity contribution >= 4 is 5.97 Å². The van der Waals surface area contributed by atoms with Crippen molar-refractivity contribution in [1.82, 2.24) is 9.78 Å². The molecule has 1 rings (SSSR count). The van der Waals surface area contributed by atoms with Gasteiger partial charge in [0.1, 0.15) is 0 Å². The number of hydrogen-bond donors (Lipinski definition) is 0. The predicted molar refractivity (Wildman–Crippen MR) is 60.6 cm³/mol. The van der Waals surface area contributed by atoms with Crippen molar-refractivity contribution in [1.29, 1.82) is 0 Å². The molecule has 0 saturated heterocycles. The molecular formula is C11H18N2O4. The SMILES string of the molecule is CCOC(Cn1cc(C(=O)OC)cn1)OCC. The molecule has 1 aromatic heterocycles. The van der Waals surface area contributed by atoms with Gasteiger partial charge in [-0.2, -0.15) is 5.10 Å². The molecule has 1 aromatic rings. The standard InChI is InChI=1S/C11H18N2O4/c1-4-16-10(17-5-2)8-13-7-9(6-12-13)11(14)15-3/h6-7,10H,4-5,8H2,1-3H3. The third-order valence-corrected chi connectivity index (χ3v) is 2.10. The Labute approximate surface area is 100 Å². The predicted octanol–water partition coefficient (Wildman–Crippen LogP) is 1.07. The molecular weight excluding hydrogens is 224 g/mol. The highest BCUT2D eigenvalue weighted by Gasteiger charge is 2.12. The topological polar surface area (TPSA) is 62.6 Å². The molecule has 0 unspecified atom stereocenters. The average molecular weight is 242 g/mol. The molecule has 0 spiro atoms. The molecule has 6 heteroatoms. The van der Waals surface area contributed by atoms with Crippen LogP contribution in [0.2, 0.25) is 0 Å². The Kier molecular flexibility index (Phi) is 5.65. The molecule has 1 heterocycles. The van der Waals surface area contributed by atoms with Gasteiger partial charge in [-0.25, -0.2) is 4.79 Å². The first-order valence-electron chi connectivity index (χ1n) is 5.55. The van der Waals surface area contributed by atoms with Crippen molar-refractivity contribution in [3.63, 3.8) is 0 Å². The fourth-order valence-electron chi connectivity index (χ4n) is 1.36. The minimum atomic E-state index is -0.402. The highest BCUT2D eigenvalue weighted by molar-refractivity contribution is 5.88. The van der Waals surface area contributed by atoms with Crippen LogP contribution in [0.15, 0.2) is 12.4 Å². The molecule has 0 aliphatic heterocycles. The summed E-state index contributed by atoms with van der Waals surface area (Å²) in [5.74, 6) is -0.402. The van der Waals surface area contributed by atoms with Gasteiger partial charge in [0.15, 0.2) is 6.29 Å². The maximum atomic E-state index is 11.2. The van der Waals surface area contributed by atoms with E-state index < -0.39 is 5.97 Å². The first-order valence-corrected chi connectivity index (χ1v) is 5.55. The maximum Gasteiger partial charge on any atom is 0.341 e. The molecule has 0 amide bonds. The number of ether oxygens (including phenoxy) is 3. The molecule has 0 aromatic carbocycles. The summed E-state index contributed by atoms with van der Waals surface area (Å²) in [6.07, 6.45) is 2.72. The quantitative estimate of drug-likeness (QED) is 0.528. The fourth-order valence-corrected chi connectivity index (χ4v) is 1.36. The Balaban J connectivity index is 2.60. The van der Waals surface area contributed by atoms with Gasteiger partial charge in [-0.1, -0.05) is 0 Å². The number of hydrogen-bond acceptors (Lipinski definition) is 5. The number of carbonyl (C=O) groups is 1. The van der Waals surface area contributed by atoms with Crippen LogP contribution in [0.5, 0.6) is 0 Å². The van der Waals surface area contributed by atoms with Crippen LogP contribution in [0.1, 0.15) is 24.2 Å². The summed E-state index contributed by atoms with van der Waals surface area (Å²) in [5, 5.41) is 4.05. The highest BCUT2D eigenvalue weighted by Crippen LogP contribution is 2.03. The second kappa shape index (κ2) is 7.03. The highest BCUT2D eigenvalue weighted by atomic mass is 16.7. The third kappa shape index (κ3) is 4.16. The van der Waals surface area contributed by atoms with E-state index in [4.69, 9.17) is 9.47 Å². The van der Waals surface area contributed by atoms with Gasteiger partial charge in [-0.3, -0.25) is 4.68 Å². The molecule has 17 heavy (non-hydrogen) atoms. The monoisotopic (exact) mass is 242 g/mol. The molecule has 0 N–H and O–H groups in total. The summed E-state index contributed by atoms with van der Waals surface area (Å²) >= 11 is 0. The van der Waals surface area contributed by atoms with Gasteiger partial charge >= 0.3 is 5.97 Å². The van der Waals surface area contributed by atoms with Crippen LogP contribution in [0.25, 0.3) is 0 Å². The molecule has 0 saturated carbocycles. The second-order valence-electron chi connectivity index (χ2n) is 3.28. The van der Waals surface area contributed by atoms with Crippen LogP contribution in [-0.4, -0.2) is 42.4 Å². The van der Waals surface area contributed by atoms with Crippen LogP contribution in [0, 0.1) is 0 Å². The first kappa shape index (κ1) is 13.7. The summed E-state index contributed by atoms with van der Waals surface area (Å²) in [5.41, 5.74) is 0.416. The van der Waals surface area contributed by atoms with Crippen LogP contribution in [-0.2, 0) is 20.8 Å². The summed E-state index contributed by atoms with van der Waals surface area (Å²) in [4.78, 5) is 11.2. The molecule has 0 atom stereocenters. The van der Waals surface area contributed by atoms with E-state index in [2.05, 4.69) is 9.84 Å². The Hall–Kier alpha value is -1.40. The van der Waals surface area contributed by atoms with Crippen molar-refractivity contribution in [3.8, 4) is 0 Å². The van der Waals surface area contributed by atoms with E-state index in [0.717, 1.165) is 0 Å². The van der Waals surface area contributed by atoms with Crippen LogP contribution in [0.4, 0.5) is 0 Å². The molecule has 0 radical (unpaired) electrons. The van der Waals surface area contributed by atoms with E-state index in [1.165, 1.54) is 13.3 Å². The Morgan fingerprint density at radius 1 is 1.41 bits per heavy atom. The molecule has 0 aliphatic carbocycles. The maximum absolute atomic E-state index is 11.2. The minimum Gasteiger partial charge on any atom is -0.465 e. The van der Waals surface area contributed by atoms with Gasteiger partial charge < -0.3 is 14.2 Å². The van der Waals surface area contributed by atoms with Gasteiger partial charge in [-0.05, 0) is 13.8 Å². The minimum absolute atomic E-state index is 0.351. The van der Waals surface area contributed by atoms with Crippen LogP contribution < -0.4 is 0 Å². The van der Waals surface area contributed by atoms with Gasteiger partial charge in [0, 0.05) is 19.4 Å². The zero-order chi connectivity index (χ0) is 12.7. The van der Waals surface area contributed by atoms with Crippen molar-refractivity contribution in [2.75, 3.05) is 20.3 Å². The molecule has 0 fully saturated rings. The lowest BCUT2D eigenvalue weighted by Gasteiger charge is -2.16.